The SMILES string of the molecule is CCOC(=O)N(CC#N)Cc1ccc(C)cc1[N+](=O)[O-]. The van der Waals surface area contributed by atoms with Crippen LogP contribution in [0.4, 0.5) is 10.5 Å². The van der Waals surface area contributed by atoms with Crippen molar-refractivity contribution in [2.45, 2.75) is 20.4 Å². The normalized spacial score (nSPS) is 9.65. The maximum Gasteiger partial charge on any atom is 0.410 e. The average Bonchev–Trinajstić information content (AvgIpc) is 2.40. The number of carbonyl (C=O) groups is 1. The van der Waals surface area contributed by atoms with Crippen LogP contribution in [0.5, 0.6) is 0 Å². The van der Waals surface area contributed by atoms with E-state index in [-0.39, 0.29) is 25.4 Å². The number of amides is 1. The van der Waals surface area contributed by atoms with Gasteiger partial charge in [0.05, 0.1) is 24.1 Å². The highest BCUT2D eigenvalue weighted by Crippen LogP contribution is 2.22. The van der Waals surface area contributed by atoms with E-state index in [1.807, 2.05) is 6.07 Å². The molecule has 0 fully saturated rings. The van der Waals surface area contributed by atoms with Crippen LogP contribution in [0.15, 0.2) is 18.2 Å². The molecular formula is C13H15N3O4. The summed E-state index contributed by atoms with van der Waals surface area (Å²) in [5, 5.41) is 19.7. The molecule has 1 aromatic carbocycles. The van der Waals surface area contributed by atoms with E-state index < -0.39 is 11.0 Å². The summed E-state index contributed by atoms with van der Waals surface area (Å²) in [4.78, 5) is 23.3. The summed E-state index contributed by atoms with van der Waals surface area (Å²) in [6.45, 7) is 3.34. The predicted octanol–water partition coefficient (Wildman–Crippen LogP) is 2.39. The molecule has 1 amide bonds. The van der Waals surface area contributed by atoms with Gasteiger partial charge in [-0.3, -0.25) is 15.0 Å². The highest BCUT2D eigenvalue weighted by atomic mass is 16.6. The first-order valence-corrected chi connectivity index (χ1v) is 6.02. The van der Waals surface area contributed by atoms with E-state index in [0.717, 1.165) is 10.5 Å². The summed E-state index contributed by atoms with van der Waals surface area (Å²) in [7, 11) is 0. The molecule has 0 aliphatic rings. The van der Waals surface area contributed by atoms with Gasteiger partial charge in [-0.1, -0.05) is 12.1 Å². The average molecular weight is 277 g/mol. The molecule has 0 aromatic heterocycles. The van der Waals surface area contributed by atoms with Gasteiger partial charge in [-0.15, -0.1) is 0 Å². The van der Waals surface area contributed by atoms with Crippen molar-refractivity contribution in [2.75, 3.05) is 13.2 Å². The molecule has 0 heterocycles. The minimum atomic E-state index is -0.663. The lowest BCUT2D eigenvalue weighted by molar-refractivity contribution is -0.385. The Kier molecular flexibility index (Phi) is 5.47. The van der Waals surface area contributed by atoms with Gasteiger partial charge >= 0.3 is 6.09 Å². The van der Waals surface area contributed by atoms with E-state index in [9.17, 15) is 14.9 Å². The summed E-state index contributed by atoms with van der Waals surface area (Å²) < 4.78 is 4.82. The van der Waals surface area contributed by atoms with Crippen LogP contribution >= 0.6 is 0 Å². The molecule has 1 rings (SSSR count). The molecular weight excluding hydrogens is 262 g/mol. The molecule has 0 bridgehead atoms. The fourth-order valence-electron chi connectivity index (χ4n) is 1.67. The van der Waals surface area contributed by atoms with Crippen molar-refractivity contribution in [1.82, 2.24) is 4.90 Å². The van der Waals surface area contributed by atoms with Crippen molar-refractivity contribution in [3.05, 3.63) is 39.4 Å². The largest absolute Gasteiger partial charge is 0.450 e. The van der Waals surface area contributed by atoms with Gasteiger partial charge in [0.15, 0.2) is 0 Å². The second-order valence-corrected chi connectivity index (χ2v) is 4.10. The first-order chi connectivity index (χ1) is 9.49. The Morgan fingerprint density at radius 2 is 2.25 bits per heavy atom. The number of nitro benzene ring substituents is 1. The number of nitrogens with zero attached hydrogens (tertiary/aromatic N) is 3. The maximum atomic E-state index is 11.7. The smallest absolute Gasteiger partial charge is 0.410 e. The molecule has 0 saturated heterocycles. The van der Waals surface area contributed by atoms with E-state index in [1.54, 1.807) is 26.0 Å². The lowest BCUT2D eigenvalue weighted by atomic mass is 10.1. The fourth-order valence-corrected chi connectivity index (χ4v) is 1.67. The number of benzene rings is 1. The van der Waals surface area contributed by atoms with Crippen molar-refractivity contribution in [3.8, 4) is 6.07 Å². The minimum Gasteiger partial charge on any atom is -0.450 e. The summed E-state index contributed by atoms with van der Waals surface area (Å²) >= 11 is 0. The molecule has 0 aliphatic carbocycles. The molecule has 106 valence electrons. The maximum absolute atomic E-state index is 11.7. The third-order valence-electron chi connectivity index (χ3n) is 2.59. The molecule has 7 heteroatoms. The first kappa shape index (κ1) is 15.4. The van der Waals surface area contributed by atoms with Crippen LogP contribution in [0.3, 0.4) is 0 Å². The molecule has 0 radical (unpaired) electrons. The van der Waals surface area contributed by atoms with E-state index in [1.165, 1.54) is 6.07 Å². The van der Waals surface area contributed by atoms with Crippen molar-refractivity contribution in [3.63, 3.8) is 0 Å². The van der Waals surface area contributed by atoms with Crippen LogP contribution in [0.25, 0.3) is 0 Å². The Morgan fingerprint density at radius 1 is 1.55 bits per heavy atom. The number of hydrogen-bond donors (Lipinski definition) is 0. The van der Waals surface area contributed by atoms with Gasteiger partial charge in [0.2, 0.25) is 0 Å². The zero-order valence-corrected chi connectivity index (χ0v) is 11.3. The Bertz CT molecular complexity index is 551. The van der Waals surface area contributed by atoms with Crippen LogP contribution in [-0.2, 0) is 11.3 Å². The Morgan fingerprint density at radius 3 is 2.80 bits per heavy atom. The van der Waals surface area contributed by atoms with Crippen molar-refractivity contribution >= 4 is 11.8 Å². The number of nitro groups is 1. The van der Waals surface area contributed by atoms with E-state index >= 15 is 0 Å². The van der Waals surface area contributed by atoms with Gasteiger partial charge in [0, 0.05) is 11.6 Å². The van der Waals surface area contributed by atoms with Crippen LogP contribution < -0.4 is 0 Å². The van der Waals surface area contributed by atoms with Gasteiger partial charge < -0.3 is 4.74 Å². The predicted molar refractivity (Wildman–Crippen MR) is 70.9 cm³/mol. The lowest BCUT2D eigenvalue weighted by Crippen LogP contribution is -2.31. The van der Waals surface area contributed by atoms with Gasteiger partial charge in [0.1, 0.15) is 6.54 Å². The van der Waals surface area contributed by atoms with Crippen LogP contribution in [0.1, 0.15) is 18.1 Å². The molecule has 0 N–H and O–H groups in total. The summed E-state index contributed by atoms with van der Waals surface area (Å²) in [6.07, 6.45) is -0.663. The minimum absolute atomic E-state index is 0.0387. The number of nitriles is 1. The number of aryl methyl sites for hydroxylation is 1. The highest BCUT2D eigenvalue weighted by molar-refractivity contribution is 5.68. The molecule has 0 aliphatic heterocycles. The van der Waals surface area contributed by atoms with Crippen LogP contribution in [0, 0.1) is 28.4 Å². The molecule has 20 heavy (non-hydrogen) atoms. The molecule has 0 saturated carbocycles. The standard InChI is InChI=1S/C13H15N3O4/c1-3-20-13(17)15(7-6-14)9-11-5-4-10(2)8-12(11)16(18)19/h4-5,8H,3,7,9H2,1-2H3. The highest BCUT2D eigenvalue weighted by Gasteiger charge is 2.20. The topological polar surface area (TPSA) is 96.5 Å². The van der Waals surface area contributed by atoms with Crippen LogP contribution in [0.2, 0.25) is 0 Å². The molecule has 0 atom stereocenters. The second kappa shape index (κ2) is 7.09. The number of carbonyl (C=O) groups excluding carboxylic acids is 1. The molecule has 7 nitrogen and oxygen atoms in total. The quantitative estimate of drug-likeness (QED) is 0.467. The lowest BCUT2D eigenvalue weighted by Gasteiger charge is -2.18. The van der Waals surface area contributed by atoms with E-state index in [2.05, 4.69) is 0 Å². The third-order valence-corrected chi connectivity index (χ3v) is 2.59. The monoisotopic (exact) mass is 277 g/mol. The number of ether oxygens (including phenoxy) is 1. The Hall–Kier alpha value is -2.62. The van der Waals surface area contributed by atoms with E-state index in [4.69, 9.17) is 10.00 Å². The second-order valence-electron chi connectivity index (χ2n) is 4.10. The molecule has 1 aromatic rings. The Labute approximate surface area is 116 Å². The number of rotatable bonds is 5. The summed E-state index contributed by atoms with van der Waals surface area (Å²) in [5.41, 5.74) is 1.05. The van der Waals surface area contributed by atoms with Crippen LogP contribution in [-0.4, -0.2) is 29.1 Å². The molecule has 0 spiro atoms. The van der Waals surface area contributed by atoms with Crippen molar-refractivity contribution in [1.29, 1.82) is 5.26 Å². The van der Waals surface area contributed by atoms with Crippen molar-refractivity contribution in [2.24, 2.45) is 0 Å². The van der Waals surface area contributed by atoms with Gasteiger partial charge in [0.25, 0.3) is 5.69 Å². The fraction of sp³-hybridized carbons (Fsp3) is 0.385. The van der Waals surface area contributed by atoms with Gasteiger partial charge in [-0.05, 0) is 19.4 Å². The zero-order chi connectivity index (χ0) is 15.1. The van der Waals surface area contributed by atoms with Gasteiger partial charge in [-0.25, -0.2) is 4.79 Å². The zero-order valence-electron chi connectivity index (χ0n) is 11.3. The van der Waals surface area contributed by atoms with Crippen molar-refractivity contribution < 1.29 is 14.5 Å². The van der Waals surface area contributed by atoms with E-state index in [0.29, 0.717) is 5.56 Å². The Balaban J connectivity index is 3.02. The molecule has 0 unspecified atom stereocenters. The third kappa shape index (κ3) is 3.95. The first-order valence-electron chi connectivity index (χ1n) is 6.02. The summed E-state index contributed by atoms with van der Waals surface area (Å²) in [6, 6.07) is 6.58. The summed E-state index contributed by atoms with van der Waals surface area (Å²) in [5.74, 6) is 0. The van der Waals surface area contributed by atoms with Gasteiger partial charge in [-0.2, -0.15) is 5.26 Å². The number of hydrogen-bond acceptors (Lipinski definition) is 5.